The van der Waals surface area contributed by atoms with Crippen LogP contribution in [0.5, 0.6) is 0 Å². The minimum atomic E-state index is -0.0539. The van der Waals surface area contributed by atoms with Crippen LogP contribution in [0.25, 0.3) is 21.8 Å². The molecule has 0 bridgehead atoms. The van der Waals surface area contributed by atoms with Crippen LogP contribution in [0.15, 0.2) is 65.7 Å². The van der Waals surface area contributed by atoms with Crippen molar-refractivity contribution in [3.63, 3.8) is 0 Å². The first kappa shape index (κ1) is 20.5. The summed E-state index contributed by atoms with van der Waals surface area (Å²) in [4.78, 5) is 25.3. The molecule has 32 heavy (non-hydrogen) atoms. The maximum absolute atomic E-state index is 13.6. The Bertz CT molecular complexity index is 1350. The second kappa shape index (κ2) is 8.59. The van der Waals surface area contributed by atoms with Crippen molar-refractivity contribution in [3.05, 3.63) is 77.0 Å². The number of nitrogens with two attached hydrogens (primary N) is 1. The molecule has 1 unspecified atom stereocenters. The Morgan fingerprint density at radius 3 is 2.94 bits per heavy atom. The number of benzene rings is 1. The highest BCUT2D eigenvalue weighted by atomic mass is 16.1. The van der Waals surface area contributed by atoms with Crippen molar-refractivity contribution in [2.24, 2.45) is 5.73 Å². The maximum atomic E-state index is 13.6. The standard InChI is InChI=1S/C25H28N6O/c1-2-3-14-31-23-21(28-25(31)30-13-6-8-19(26)16-30)11-15-29(24(23)32)17-22-20-9-5-4-7-18(20)10-12-27-22/h2-5,7,9-12,15,19H,6,8,13-14,16-17,26H2,1H3/b3-2+. The number of hydrogen-bond donors (Lipinski definition) is 1. The molecule has 2 N–H and O–H groups in total. The van der Waals surface area contributed by atoms with Gasteiger partial charge in [0, 0.05) is 43.5 Å². The van der Waals surface area contributed by atoms with Gasteiger partial charge in [0.15, 0.2) is 0 Å². The van der Waals surface area contributed by atoms with E-state index in [0.29, 0.717) is 18.6 Å². The minimum Gasteiger partial charge on any atom is -0.341 e. The molecule has 1 aromatic carbocycles. The van der Waals surface area contributed by atoms with Gasteiger partial charge >= 0.3 is 0 Å². The van der Waals surface area contributed by atoms with Gasteiger partial charge in [-0.2, -0.15) is 0 Å². The van der Waals surface area contributed by atoms with Crippen molar-refractivity contribution in [2.75, 3.05) is 18.0 Å². The summed E-state index contributed by atoms with van der Waals surface area (Å²) in [5.74, 6) is 0.825. The Hall–Kier alpha value is -3.45. The molecular weight excluding hydrogens is 400 g/mol. The zero-order valence-electron chi connectivity index (χ0n) is 18.3. The summed E-state index contributed by atoms with van der Waals surface area (Å²) in [6.07, 6.45) is 9.74. The molecule has 164 valence electrons. The van der Waals surface area contributed by atoms with Gasteiger partial charge in [-0.1, -0.05) is 36.4 Å². The van der Waals surface area contributed by atoms with Gasteiger partial charge in [-0.05, 0) is 37.3 Å². The molecule has 0 spiro atoms. The summed E-state index contributed by atoms with van der Waals surface area (Å²) >= 11 is 0. The number of allylic oxidation sites excluding steroid dienone is 2. The normalized spacial score (nSPS) is 17.1. The molecule has 1 aliphatic heterocycles. The van der Waals surface area contributed by atoms with E-state index in [1.54, 1.807) is 10.8 Å². The highest BCUT2D eigenvalue weighted by Gasteiger charge is 2.24. The molecule has 7 heteroatoms. The zero-order chi connectivity index (χ0) is 22.1. The van der Waals surface area contributed by atoms with Gasteiger partial charge < -0.3 is 19.8 Å². The van der Waals surface area contributed by atoms with Gasteiger partial charge in [-0.25, -0.2) is 4.98 Å². The van der Waals surface area contributed by atoms with Crippen molar-refractivity contribution in [3.8, 4) is 0 Å². The molecule has 0 radical (unpaired) electrons. The third-order valence-electron chi connectivity index (χ3n) is 6.19. The van der Waals surface area contributed by atoms with Gasteiger partial charge in [0.2, 0.25) is 5.95 Å². The fourth-order valence-corrected chi connectivity index (χ4v) is 4.58. The Morgan fingerprint density at radius 2 is 2.09 bits per heavy atom. The smallest absolute Gasteiger partial charge is 0.277 e. The lowest BCUT2D eigenvalue weighted by atomic mass is 10.1. The number of hydrogen-bond acceptors (Lipinski definition) is 5. The first-order valence-corrected chi connectivity index (χ1v) is 11.2. The van der Waals surface area contributed by atoms with Gasteiger partial charge in [0.25, 0.3) is 5.56 Å². The van der Waals surface area contributed by atoms with Crippen LogP contribution in [0.4, 0.5) is 5.95 Å². The van der Waals surface area contributed by atoms with Gasteiger partial charge in [-0.3, -0.25) is 9.78 Å². The number of anilines is 1. The van der Waals surface area contributed by atoms with Crippen molar-refractivity contribution >= 4 is 27.8 Å². The maximum Gasteiger partial charge on any atom is 0.277 e. The number of pyridine rings is 2. The summed E-state index contributed by atoms with van der Waals surface area (Å²) in [5, 5.41) is 2.18. The van der Waals surface area contributed by atoms with Crippen LogP contribution in [0.2, 0.25) is 0 Å². The first-order chi connectivity index (χ1) is 15.7. The molecule has 4 heterocycles. The minimum absolute atomic E-state index is 0.0539. The van der Waals surface area contributed by atoms with Crippen LogP contribution in [-0.2, 0) is 13.1 Å². The fourth-order valence-electron chi connectivity index (χ4n) is 4.58. The van der Waals surface area contributed by atoms with Gasteiger partial charge in [0.05, 0.1) is 17.8 Å². The summed E-state index contributed by atoms with van der Waals surface area (Å²) < 4.78 is 3.76. The second-order valence-corrected chi connectivity index (χ2v) is 8.40. The molecule has 4 aromatic rings. The van der Waals surface area contributed by atoms with Crippen molar-refractivity contribution in [1.82, 2.24) is 19.1 Å². The highest BCUT2D eigenvalue weighted by molar-refractivity contribution is 5.84. The van der Waals surface area contributed by atoms with E-state index in [2.05, 4.69) is 28.1 Å². The van der Waals surface area contributed by atoms with Crippen LogP contribution in [0, 0.1) is 0 Å². The topological polar surface area (TPSA) is 82.0 Å². The Kier molecular flexibility index (Phi) is 5.49. The first-order valence-electron chi connectivity index (χ1n) is 11.2. The molecule has 1 atom stereocenters. The van der Waals surface area contributed by atoms with Crippen molar-refractivity contribution in [1.29, 1.82) is 0 Å². The summed E-state index contributed by atoms with van der Waals surface area (Å²) in [6, 6.07) is 12.2. The molecule has 5 rings (SSSR count). The van der Waals surface area contributed by atoms with Crippen LogP contribution >= 0.6 is 0 Å². The predicted molar refractivity (Wildman–Crippen MR) is 129 cm³/mol. The molecule has 7 nitrogen and oxygen atoms in total. The lowest BCUT2D eigenvalue weighted by molar-refractivity contribution is 0.495. The van der Waals surface area contributed by atoms with E-state index in [0.717, 1.165) is 53.9 Å². The number of fused-ring (bicyclic) bond motifs is 2. The highest BCUT2D eigenvalue weighted by Crippen LogP contribution is 2.24. The Morgan fingerprint density at radius 1 is 1.22 bits per heavy atom. The average molecular weight is 429 g/mol. The molecule has 0 saturated carbocycles. The average Bonchev–Trinajstić information content (AvgIpc) is 3.19. The Balaban J connectivity index is 1.61. The largest absolute Gasteiger partial charge is 0.341 e. The van der Waals surface area contributed by atoms with Crippen LogP contribution in [-0.4, -0.2) is 38.2 Å². The van der Waals surface area contributed by atoms with E-state index in [4.69, 9.17) is 10.7 Å². The third kappa shape index (κ3) is 3.69. The van der Waals surface area contributed by atoms with E-state index in [9.17, 15) is 4.79 Å². The molecular formula is C25H28N6O. The molecule has 3 aromatic heterocycles. The predicted octanol–water partition coefficient (Wildman–Crippen LogP) is 3.30. The van der Waals surface area contributed by atoms with Crippen LogP contribution in [0.3, 0.4) is 0 Å². The van der Waals surface area contributed by atoms with Crippen molar-refractivity contribution < 1.29 is 0 Å². The lowest BCUT2D eigenvalue weighted by Crippen LogP contribution is -2.44. The summed E-state index contributed by atoms with van der Waals surface area (Å²) in [6.45, 7) is 4.66. The van der Waals surface area contributed by atoms with Crippen LogP contribution < -0.4 is 16.2 Å². The Labute approximate surface area is 186 Å². The van der Waals surface area contributed by atoms with E-state index < -0.39 is 0 Å². The summed E-state index contributed by atoms with van der Waals surface area (Å²) in [7, 11) is 0. The monoisotopic (exact) mass is 428 g/mol. The third-order valence-corrected chi connectivity index (χ3v) is 6.19. The zero-order valence-corrected chi connectivity index (χ0v) is 18.3. The quantitative estimate of drug-likeness (QED) is 0.493. The molecule has 0 aliphatic carbocycles. The number of rotatable bonds is 5. The van der Waals surface area contributed by atoms with Crippen molar-refractivity contribution in [2.45, 2.75) is 38.9 Å². The van der Waals surface area contributed by atoms with Gasteiger partial charge in [-0.15, -0.1) is 0 Å². The number of imidazole rings is 1. The molecule has 1 saturated heterocycles. The van der Waals surface area contributed by atoms with Crippen LogP contribution in [0.1, 0.15) is 25.5 Å². The van der Waals surface area contributed by atoms with E-state index in [-0.39, 0.29) is 11.6 Å². The molecule has 0 amide bonds. The molecule has 1 aliphatic rings. The fraction of sp³-hybridized carbons (Fsp3) is 0.320. The second-order valence-electron chi connectivity index (χ2n) is 8.40. The number of aromatic nitrogens is 4. The van der Waals surface area contributed by atoms with E-state index in [1.165, 1.54) is 0 Å². The lowest BCUT2D eigenvalue weighted by Gasteiger charge is -2.31. The number of nitrogens with zero attached hydrogens (tertiary/aromatic N) is 5. The number of piperidine rings is 1. The SMILES string of the molecule is C/C=C/Cn1c(N2CCCC(N)C2)nc2ccn(Cc3nccc4ccccc34)c(=O)c21. The van der Waals surface area contributed by atoms with E-state index >= 15 is 0 Å². The van der Waals surface area contributed by atoms with Gasteiger partial charge in [0.1, 0.15) is 5.52 Å². The summed E-state index contributed by atoms with van der Waals surface area (Å²) in [5.41, 5.74) is 8.40. The van der Waals surface area contributed by atoms with E-state index in [1.807, 2.05) is 48.0 Å². The molecule has 1 fully saturated rings.